The smallest absolute Gasteiger partial charge is 0.0973 e. The Hall–Kier alpha value is -1.31. The summed E-state index contributed by atoms with van der Waals surface area (Å²) in [6.07, 6.45) is 16.0. The third kappa shape index (κ3) is 2.68. The molecule has 1 heterocycles. The van der Waals surface area contributed by atoms with E-state index in [0.717, 1.165) is 18.8 Å². The van der Waals surface area contributed by atoms with Crippen LogP contribution in [0.2, 0.25) is 0 Å². The summed E-state index contributed by atoms with van der Waals surface area (Å²) in [5, 5.41) is 3.68. The molecule has 2 aliphatic carbocycles. The van der Waals surface area contributed by atoms with Crippen LogP contribution < -0.4 is 5.32 Å². The Morgan fingerprint density at radius 3 is 3.16 bits per heavy atom. The van der Waals surface area contributed by atoms with Gasteiger partial charge in [-0.2, -0.15) is 0 Å². The molecule has 3 atom stereocenters. The Kier molecular flexibility index (Phi) is 3.58. The zero-order valence-electron chi connectivity index (χ0n) is 12.0. The summed E-state index contributed by atoms with van der Waals surface area (Å²) in [7, 11) is 0. The highest BCUT2D eigenvalue weighted by Crippen LogP contribution is 2.35. The maximum atomic E-state index is 4.93. The van der Waals surface area contributed by atoms with Crippen LogP contribution in [0.25, 0.3) is 0 Å². The summed E-state index contributed by atoms with van der Waals surface area (Å²) in [5.74, 6) is 2.58. The van der Waals surface area contributed by atoms with Crippen molar-refractivity contribution in [1.82, 2.24) is 5.32 Å². The van der Waals surface area contributed by atoms with Gasteiger partial charge in [0.15, 0.2) is 0 Å². The largest absolute Gasteiger partial charge is 0.370 e. The van der Waals surface area contributed by atoms with Gasteiger partial charge >= 0.3 is 0 Å². The molecule has 102 valence electrons. The number of nitrogens with one attached hydrogen (secondary N) is 1. The summed E-state index contributed by atoms with van der Waals surface area (Å²) in [4.78, 5) is 4.93. The minimum atomic E-state index is 0.366. The van der Waals surface area contributed by atoms with Gasteiger partial charge in [-0.3, -0.25) is 4.99 Å². The van der Waals surface area contributed by atoms with Gasteiger partial charge < -0.3 is 5.32 Å². The molecule has 0 aromatic rings. The molecular formula is C17H24N2. The molecule has 0 saturated carbocycles. The SMILES string of the molecule is CC(C)CCCC1=NC2C=CC=C3C=CCC(N1)C32. The van der Waals surface area contributed by atoms with E-state index in [1.165, 1.54) is 24.3 Å². The molecule has 1 aliphatic heterocycles. The predicted octanol–water partition coefficient (Wildman–Crippen LogP) is 3.62. The fourth-order valence-corrected chi connectivity index (χ4v) is 3.36. The van der Waals surface area contributed by atoms with Crippen LogP contribution >= 0.6 is 0 Å². The molecule has 1 N–H and O–H groups in total. The Labute approximate surface area is 116 Å². The van der Waals surface area contributed by atoms with E-state index in [1.807, 2.05) is 0 Å². The topological polar surface area (TPSA) is 24.4 Å². The van der Waals surface area contributed by atoms with Crippen molar-refractivity contribution in [2.75, 3.05) is 0 Å². The van der Waals surface area contributed by atoms with Crippen LogP contribution in [0.1, 0.15) is 39.5 Å². The highest BCUT2D eigenvalue weighted by Gasteiger charge is 2.36. The van der Waals surface area contributed by atoms with E-state index in [0.29, 0.717) is 18.0 Å². The molecule has 0 spiro atoms. The van der Waals surface area contributed by atoms with Crippen LogP contribution in [0.4, 0.5) is 0 Å². The molecule has 3 unspecified atom stereocenters. The highest BCUT2D eigenvalue weighted by atomic mass is 15.1. The first-order valence-corrected chi connectivity index (χ1v) is 7.62. The molecule has 3 rings (SSSR count). The average molecular weight is 256 g/mol. The fourth-order valence-electron chi connectivity index (χ4n) is 3.36. The molecule has 0 saturated heterocycles. The Bertz CT molecular complexity index is 454. The van der Waals surface area contributed by atoms with Crippen molar-refractivity contribution in [3.05, 3.63) is 36.0 Å². The number of aliphatic imine (C=N–C) groups is 1. The normalized spacial score (nSPS) is 31.6. The summed E-state index contributed by atoms with van der Waals surface area (Å²) in [6, 6.07) is 0.919. The van der Waals surface area contributed by atoms with Gasteiger partial charge in [0.25, 0.3) is 0 Å². The van der Waals surface area contributed by atoms with Crippen molar-refractivity contribution in [1.29, 1.82) is 0 Å². The van der Waals surface area contributed by atoms with E-state index in [-0.39, 0.29) is 0 Å². The third-order valence-electron chi connectivity index (χ3n) is 4.34. The quantitative estimate of drug-likeness (QED) is 0.816. The van der Waals surface area contributed by atoms with E-state index in [1.54, 1.807) is 0 Å². The van der Waals surface area contributed by atoms with Crippen molar-refractivity contribution in [2.24, 2.45) is 16.8 Å². The van der Waals surface area contributed by atoms with Crippen molar-refractivity contribution >= 4 is 5.84 Å². The van der Waals surface area contributed by atoms with Crippen LogP contribution in [0.5, 0.6) is 0 Å². The first kappa shape index (κ1) is 12.7. The van der Waals surface area contributed by atoms with Crippen molar-refractivity contribution in [3.8, 4) is 0 Å². The zero-order valence-corrected chi connectivity index (χ0v) is 12.0. The molecule has 2 nitrogen and oxygen atoms in total. The third-order valence-corrected chi connectivity index (χ3v) is 4.34. The van der Waals surface area contributed by atoms with Gasteiger partial charge in [0.1, 0.15) is 0 Å². The lowest BCUT2D eigenvalue weighted by atomic mass is 9.76. The van der Waals surface area contributed by atoms with E-state index < -0.39 is 0 Å². The molecule has 0 fully saturated rings. The molecule has 3 aliphatic rings. The lowest BCUT2D eigenvalue weighted by molar-refractivity contribution is 0.380. The maximum absolute atomic E-state index is 4.93. The molecule has 0 radical (unpaired) electrons. The lowest BCUT2D eigenvalue weighted by Gasteiger charge is -2.40. The first-order chi connectivity index (χ1) is 9.24. The van der Waals surface area contributed by atoms with Gasteiger partial charge in [-0.15, -0.1) is 0 Å². The van der Waals surface area contributed by atoms with Gasteiger partial charge in [0.05, 0.1) is 11.9 Å². The molecule has 0 bridgehead atoms. The van der Waals surface area contributed by atoms with Gasteiger partial charge in [-0.25, -0.2) is 0 Å². The molecular weight excluding hydrogens is 232 g/mol. The van der Waals surface area contributed by atoms with Gasteiger partial charge in [-0.05, 0) is 24.3 Å². The lowest BCUT2D eigenvalue weighted by Crippen LogP contribution is -2.50. The van der Waals surface area contributed by atoms with E-state index >= 15 is 0 Å². The molecule has 0 aromatic carbocycles. The molecule has 0 amide bonds. The highest BCUT2D eigenvalue weighted by molar-refractivity contribution is 5.84. The summed E-state index contributed by atoms with van der Waals surface area (Å²) < 4.78 is 0. The Morgan fingerprint density at radius 2 is 2.32 bits per heavy atom. The van der Waals surface area contributed by atoms with Crippen LogP contribution in [0.15, 0.2) is 40.9 Å². The maximum Gasteiger partial charge on any atom is 0.0973 e. The summed E-state index contributed by atoms with van der Waals surface area (Å²) >= 11 is 0. The number of nitrogens with zero attached hydrogens (tertiary/aromatic N) is 1. The second kappa shape index (κ2) is 5.36. The van der Waals surface area contributed by atoms with Crippen LogP contribution in [-0.2, 0) is 0 Å². The summed E-state index contributed by atoms with van der Waals surface area (Å²) in [6.45, 7) is 4.58. The number of hydrogen-bond acceptors (Lipinski definition) is 2. The second-order valence-corrected chi connectivity index (χ2v) is 6.32. The van der Waals surface area contributed by atoms with Crippen molar-refractivity contribution in [2.45, 2.75) is 51.6 Å². The Morgan fingerprint density at radius 1 is 1.42 bits per heavy atom. The molecule has 0 aromatic heterocycles. The number of allylic oxidation sites excluding steroid dienone is 3. The van der Waals surface area contributed by atoms with Crippen LogP contribution in [0, 0.1) is 11.8 Å². The predicted molar refractivity (Wildman–Crippen MR) is 81.3 cm³/mol. The van der Waals surface area contributed by atoms with Crippen LogP contribution in [0.3, 0.4) is 0 Å². The van der Waals surface area contributed by atoms with Crippen LogP contribution in [-0.4, -0.2) is 17.9 Å². The zero-order chi connectivity index (χ0) is 13.2. The standard InChI is InChI=1S/C17H24N2/c1-12(2)6-3-11-16-18-14-9-4-7-13-8-5-10-15(19-16)17(13)14/h4-5,7-9,12,14-15,17H,3,6,10-11H2,1-2H3,(H,18,19). The molecule has 2 heteroatoms. The summed E-state index contributed by atoms with van der Waals surface area (Å²) in [5.41, 5.74) is 1.45. The minimum Gasteiger partial charge on any atom is -0.370 e. The van der Waals surface area contributed by atoms with E-state index in [4.69, 9.17) is 4.99 Å². The van der Waals surface area contributed by atoms with Gasteiger partial charge in [0, 0.05) is 18.4 Å². The average Bonchev–Trinajstić information content (AvgIpc) is 2.39. The minimum absolute atomic E-state index is 0.366. The second-order valence-electron chi connectivity index (χ2n) is 6.32. The number of rotatable bonds is 4. The number of amidine groups is 1. The fraction of sp³-hybridized carbons (Fsp3) is 0.588. The monoisotopic (exact) mass is 256 g/mol. The first-order valence-electron chi connectivity index (χ1n) is 7.62. The number of hydrogen-bond donors (Lipinski definition) is 1. The van der Waals surface area contributed by atoms with Gasteiger partial charge in [-0.1, -0.05) is 50.6 Å². The molecule has 19 heavy (non-hydrogen) atoms. The van der Waals surface area contributed by atoms with Gasteiger partial charge in [0.2, 0.25) is 0 Å². The van der Waals surface area contributed by atoms with Crippen molar-refractivity contribution in [3.63, 3.8) is 0 Å². The Balaban J connectivity index is 1.70. The van der Waals surface area contributed by atoms with E-state index in [9.17, 15) is 0 Å². The van der Waals surface area contributed by atoms with E-state index in [2.05, 4.69) is 49.5 Å². The van der Waals surface area contributed by atoms with Crippen molar-refractivity contribution < 1.29 is 0 Å².